The molecule has 0 aliphatic carbocycles. The van der Waals surface area contributed by atoms with Crippen LogP contribution in [0.2, 0.25) is 0 Å². The van der Waals surface area contributed by atoms with Gasteiger partial charge in [-0.1, -0.05) is 48.0 Å². The Labute approximate surface area is 131 Å². The Morgan fingerprint density at radius 3 is 2.65 bits per heavy atom. The first-order valence-corrected chi connectivity index (χ1v) is 7.77. The Morgan fingerprint density at radius 2 is 1.90 bits per heavy atom. The molecule has 3 aromatic rings. The lowest BCUT2D eigenvalue weighted by Gasteiger charge is -2.14. The highest BCUT2D eigenvalue weighted by Crippen LogP contribution is 2.28. The summed E-state index contributed by atoms with van der Waals surface area (Å²) in [6.45, 7) is 4.40. The SMILES string of the molecule is CC(C)c1ccccc1-n1c(=S)[nH]c2ccc(Br)cc21. The third-order valence-corrected chi connectivity index (χ3v) is 4.22. The van der Waals surface area contributed by atoms with Gasteiger partial charge in [0.15, 0.2) is 4.77 Å². The van der Waals surface area contributed by atoms with Gasteiger partial charge >= 0.3 is 0 Å². The maximum Gasteiger partial charge on any atom is 0.182 e. The van der Waals surface area contributed by atoms with E-state index in [-0.39, 0.29) is 0 Å². The van der Waals surface area contributed by atoms with E-state index in [1.165, 1.54) is 5.56 Å². The summed E-state index contributed by atoms with van der Waals surface area (Å²) in [5, 5.41) is 0. The van der Waals surface area contributed by atoms with Crippen LogP contribution in [0.3, 0.4) is 0 Å². The fraction of sp³-hybridized carbons (Fsp3) is 0.188. The van der Waals surface area contributed by atoms with E-state index in [1.54, 1.807) is 0 Å². The highest BCUT2D eigenvalue weighted by Gasteiger charge is 2.12. The van der Waals surface area contributed by atoms with Crippen molar-refractivity contribution in [1.29, 1.82) is 0 Å². The molecule has 2 aromatic carbocycles. The van der Waals surface area contributed by atoms with Crippen molar-refractivity contribution in [3.63, 3.8) is 0 Å². The van der Waals surface area contributed by atoms with Crippen molar-refractivity contribution in [2.24, 2.45) is 0 Å². The van der Waals surface area contributed by atoms with E-state index in [0.29, 0.717) is 5.92 Å². The second-order valence-corrected chi connectivity index (χ2v) is 6.44. The minimum Gasteiger partial charge on any atom is -0.330 e. The average Bonchev–Trinajstić information content (AvgIpc) is 2.74. The fourth-order valence-electron chi connectivity index (χ4n) is 2.49. The van der Waals surface area contributed by atoms with Crippen LogP contribution in [0.15, 0.2) is 46.9 Å². The van der Waals surface area contributed by atoms with E-state index in [4.69, 9.17) is 12.2 Å². The molecule has 1 aromatic heterocycles. The molecule has 0 aliphatic rings. The van der Waals surface area contributed by atoms with Crippen LogP contribution in [0, 0.1) is 4.77 Å². The molecule has 0 saturated carbocycles. The number of aromatic amines is 1. The zero-order valence-corrected chi connectivity index (χ0v) is 13.8. The Kier molecular flexibility index (Phi) is 3.52. The molecule has 0 bridgehead atoms. The number of para-hydroxylation sites is 1. The molecule has 1 N–H and O–H groups in total. The molecule has 0 atom stereocenters. The smallest absolute Gasteiger partial charge is 0.182 e. The molecule has 0 saturated heterocycles. The molecule has 102 valence electrons. The number of benzene rings is 2. The van der Waals surface area contributed by atoms with Crippen molar-refractivity contribution in [3.8, 4) is 5.69 Å². The molecular formula is C16H15BrN2S. The third kappa shape index (κ3) is 2.23. The quantitative estimate of drug-likeness (QED) is 0.601. The number of fused-ring (bicyclic) bond motifs is 1. The Balaban J connectivity index is 2.38. The van der Waals surface area contributed by atoms with Gasteiger partial charge in [0.25, 0.3) is 0 Å². The van der Waals surface area contributed by atoms with Crippen LogP contribution in [0.4, 0.5) is 0 Å². The van der Waals surface area contributed by atoms with Gasteiger partial charge in [0.1, 0.15) is 0 Å². The summed E-state index contributed by atoms with van der Waals surface area (Å²) in [5.41, 5.74) is 4.59. The summed E-state index contributed by atoms with van der Waals surface area (Å²) in [6, 6.07) is 14.6. The zero-order chi connectivity index (χ0) is 14.3. The van der Waals surface area contributed by atoms with E-state index in [0.717, 1.165) is 26.0 Å². The average molecular weight is 347 g/mol. The van der Waals surface area contributed by atoms with Crippen molar-refractivity contribution in [2.45, 2.75) is 19.8 Å². The molecule has 20 heavy (non-hydrogen) atoms. The van der Waals surface area contributed by atoms with E-state index in [1.807, 2.05) is 12.1 Å². The first-order valence-electron chi connectivity index (χ1n) is 6.57. The first kappa shape index (κ1) is 13.6. The van der Waals surface area contributed by atoms with Crippen molar-refractivity contribution >= 4 is 39.2 Å². The number of aromatic nitrogens is 2. The van der Waals surface area contributed by atoms with Gasteiger partial charge in [-0.05, 0) is 48.0 Å². The first-order chi connectivity index (χ1) is 9.58. The number of nitrogens with one attached hydrogen (secondary N) is 1. The number of hydrogen-bond acceptors (Lipinski definition) is 1. The van der Waals surface area contributed by atoms with Gasteiger partial charge in [0, 0.05) is 4.47 Å². The summed E-state index contributed by atoms with van der Waals surface area (Å²) in [6.07, 6.45) is 0. The summed E-state index contributed by atoms with van der Waals surface area (Å²) in [4.78, 5) is 3.28. The molecule has 0 fully saturated rings. The molecule has 3 rings (SSSR count). The van der Waals surface area contributed by atoms with Gasteiger partial charge in [0.2, 0.25) is 0 Å². The molecule has 4 heteroatoms. The monoisotopic (exact) mass is 346 g/mol. The minimum absolute atomic E-state index is 0.449. The van der Waals surface area contributed by atoms with Crippen LogP contribution in [0.25, 0.3) is 16.7 Å². The summed E-state index contributed by atoms with van der Waals surface area (Å²) < 4.78 is 3.89. The molecule has 2 nitrogen and oxygen atoms in total. The topological polar surface area (TPSA) is 20.7 Å². The number of halogens is 1. The van der Waals surface area contributed by atoms with Gasteiger partial charge in [-0.15, -0.1) is 0 Å². The van der Waals surface area contributed by atoms with E-state index in [2.05, 4.69) is 69.7 Å². The number of H-pyrrole nitrogens is 1. The maximum atomic E-state index is 5.52. The lowest BCUT2D eigenvalue weighted by Crippen LogP contribution is -2.01. The largest absolute Gasteiger partial charge is 0.330 e. The Hall–Kier alpha value is -1.39. The molecule has 0 spiro atoms. The van der Waals surface area contributed by atoms with E-state index in [9.17, 15) is 0 Å². The van der Waals surface area contributed by atoms with E-state index >= 15 is 0 Å². The van der Waals surface area contributed by atoms with Crippen LogP contribution >= 0.6 is 28.1 Å². The summed E-state index contributed by atoms with van der Waals surface area (Å²) in [7, 11) is 0. The molecule has 0 radical (unpaired) electrons. The predicted octanol–water partition coefficient (Wildman–Crippen LogP) is 5.57. The number of nitrogens with zero attached hydrogens (tertiary/aromatic N) is 1. The van der Waals surface area contributed by atoms with E-state index < -0.39 is 0 Å². The van der Waals surface area contributed by atoms with Gasteiger partial charge in [-0.3, -0.25) is 4.57 Å². The van der Waals surface area contributed by atoms with Crippen molar-refractivity contribution in [2.75, 3.05) is 0 Å². The second-order valence-electron chi connectivity index (χ2n) is 5.14. The third-order valence-electron chi connectivity index (χ3n) is 3.45. The van der Waals surface area contributed by atoms with Crippen molar-refractivity contribution < 1.29 is 0 Å². The summed E-state index contributed by atoms with van der Waals surface area (Å²) in [5.74, 6) is 0.449. The fourth-order valence-corrected chi connectivity index (χ4v) is 3.15. The minimum atomic E-state index is 0.449. The molecule has 0 amide bonds. The lowest BCUT2D eigenvalue weighted by atomic mass is 10.0. The number of rotatable bonds is 2. The number of imidazole rings is 1. The van der Waals surface area contributed by atoms with Crippen LogP contribution in [-0.4, -0.2) is 9.55 Å². The van der Waals surface area contributed by atoms with Crippen LogP contribution < -0.4 is 0 Å². The van der Waals surface area contributed by atoms with Gasteiger partial charge < -0.3 is 4.98 Å². The summed E-state index contributed by atoms with van der Waals surface area (Å²) >= 11 is 9.05. The molecule has 0 aliphatic heterocycles. The van der Waals surface area contributed by atoms with Crippen molar-refractivity contribution in [3.05, 3.63) is 57.3 Å². The molecule has 0 unspecified atom stereocenters. The van der Waals surface area contributed by atoms with Crippen LogP contribution in [-0.2, 0) is 0 Å². The lowest BCUT2D eigenvalue weighted by molar-refractivity contribution is 0.848. The highest BCUT2D eigenvalue weighted by atomic mass is 79.9. The maximum absolute atomic E-state index is 5.52. The zero-order valence-electron chi connectivity index (χ0n) is 11.4. The second kappa shape index (κ2) is 5.19. The standard InChI is InChI=1S/C16H15BrN2S/c1-10(2)12-5-3-4-6-14(12)19-15-9-11(17)7-8-13(15)18-16(19)20/h3-10H,1-2H3,(H,18,20). The molecule has 1 heterocycles. The Bertz CT molecular complexity index is 830. The molecular weight excluding hydrogens is 332 g/mol. The van der Waals surface area contributed by atoms with Gasteiger partial charge in [-0.25, -0.2) is 0 Å². The Morgan fingerprint density at radius 1 is 1.15 bits per heavy atom. The van der Waals surface area contributed by atoms with Gasteiger partial charge in [-0.2, -0.15) is 0 Å². The highest BCUT2D eigenvalue weighted by molar-refractivity contribution is 9.10. The van der Waals surface area contributed by atoms with Crippen LogP contribution in [0.5, 0.6) is 0 Å². The van der Waals surface area contributed by atoms with Crippen LogP contribution in [0.1, 0.15) is 25.3 Å². The van der Waals surface area contributed by atoms with Gasteiger partial charge in [0.05, 0.1) is 16.7 Å². The normalized spacial score (nSPS) is 11.4. The van der Waals surface area contributed by atoms with Crippen molar-refractivity contribution in [1.82, 2.24) is 9.55 Å². The predicted molar refractivity (Wildman–Crippen MR) is 90.2 cm³/mol. The number of hydrogen-bond donors (Lipinski definition) is 1.